The molecule has 9 heteroatoms. The molecule has 0 aromatic heterocycles. The molecule has 21 heavy (non-hydrogen) atoms. The zero-order valence-corrected chi connectivity index (χ0v) is 12.4. The first kappa shape index (κ1) is 15.8. The van der Waals surface area contributed by atoms with Gasteiger partial charge in [-0.05, 0) is 30.3 Å². The summed E-state index contributed by atoms with van der Waals surface area (Å²) in [6.45, 7) is 0. The molecule has 0 saturated heterocycles. The van der Waals surface area contributed by atoms with Crippen LogP contribution < -0.4 is 4.72 Å². The number of rotatable bonds is 3. The maximum absolute atomic E-state index is 13.1. The second kappa shape index (κ2) is 5.67. The van der Waals surface area contributed by atoms with Crippen LogP contribution >= 0.6 is 23.2 Å². The highest BCUT2D eigenvalue weighted by atomic mass is 35.5. The molecule has 0 aliphatic rings. The fourth-order valence-electron chi connectivity index (χ4n) is 1.48. The van der Waals surface area contributed by atoms with Gasteiger partial charge in [0.2, 0.25) is 0 Å². The highest BCUT2D eigenvalue weighted by molar-refractivity contribution is 7.92. The van der Waals surface area contributed by atoms with Gasteiger partial charge in [-0.1, -0.05) is 23.2 Å². The van der Waals surface area contributed by atoms with Crippen molar-refractivity contribution in [3.63, 3.8) is 0 Å². The highest BCUT2D eigenvalue weighted by Crippen LogP contribution is 2.35. The van der Waals surface area contributed by atoms with Gasteiger partial charge >= 0.3 is 0 Å². The molecule has 2 rings (SSSR count). The maximum Gasteiger partial charge on any atom is 0.262 e. The Kier molecular flexibility index (Phi) is 4.27. The number of hydrogen-bond acceptors (Lipinski definition) is 3. The molecule has 0 bridgehead atoms. The van der Waals surface area contributed by atoms with Crippen molar-refractivity contribution in [2.24, 2.45) is 0 Å². The molecule has 0 aliphatic carbocycles. The lowest BCUT2D eigenvalue weighted by atomic mass is 10.3. The van der Waals surface area contributed by atoms with Crippen LogP contribution in [0.2, 0.25) is 10.0 Å². The minimum absolute atomic E-state index is 0.0347. The Labute approximate surface area is 129 Å². The Morgan fingerprint density at radius 2 is 1.57 bits per heavy atom. The topological polar surface area (TPSA) is 66.4 Å². The Morgan fingerprint density at radius 1 is 1.00 bits per heavy atom. The van der Waals surface area contributed by atoms with Crippen molar-refractivity contribution in [3.8, 4) is 5.75 Å². The predicted molar refractivity (Wildman–Crippen MR) is 75.3 cm³/mol. The quantitative estimate of drug-likeness (QED) is 0.825. The summed E-state index contributed by atoms with van der Waals surface area (Å²) < 4.78 is 52.0. The van der Waals surface area contributed by atoms with E-state index < -0.39 is 32.3 Å². The van der Waals surface area contributed by atoms with Crippen LogP contribution in [0, 0.1) is 11.6 Å². The molecule has 0 amide bonds. The molecular formula is C12H7Cl2F2NO3S. The predicted octanol–water partition coefficient (Wildman–Crippen LogP) is 3.78. The van der Waals surface area contributed by atoms with E-state index in [4.69, 9.17) is 23.2 Å². The van der Waals surface area contributed by atoms with Gasteiger partial charge < -0.3 is 5.11 Å². The summed E-state index contributed by atoms with van der Waals surface area (Å²) in [5.74, 6) is -2.85. The fraction of sp³-hybridized carbons (Fsp3) is 0. The van der Waals surface area contributed by atoms with Crippen LogP contribution in [0.4, 0.5) is 14.5 Å². The van der Waals surface area contributed by atoms with E-state index in [0.717, 1.165) is 18.2 Å². The Balaban J connectivity index is 2.39. The molecule has 0 heterocycles. The van der Waals surface area contributed by atoms with Gasteiger partial charge in [0.05, 0.1) is 20.6 Å². The van der Waals surface area contributed by atoms with Crippen molar-refractivity contribution in [2.45, 2.75) is 4.90 Å². The largest absolute Gasteiger partial charge is 0.505 e. The first-order valence-electron chi connectivity index (χ1n) is 5.36. The fourth-order valence-corrected chi connectivity index (χ4v) is 3.02. The van der Waals surface area contributed by atoms with E-state index >= 15 is 0 Å². The van der Waals surface area contributed by atoms with Crippen LogP contribution in [-0.2, 0) is 10.0 Å². The van der Waals surface area contributed by atoms with Crippen LogP contribution in [0.15, 0.2) is 35.2 Å². The van der Waals surface area contributed by atoms with E-state index in [1.165, 1.54) is 0 Å². The van der Waals surface area contributed by atoms with E-state index in [1.807, 2.05) is 0 Å². The standard InChI is InChI=1S/C12H7Cl2F2NO3S/c13-8-3-6(4-9(14)12(8)18)17-21(19,20)7-1-2-10(15)11(16)5-7/h1-5,17-18H. The number of halogens is 4. The van der Waals surface area contributed by atoms with E-state index in [0.29, 0.717) is 12.1 Å². The highest BCUT2D eigenvalue weighted by Gasteiger charge is 2.18. The number of phenols is 1. The third-order valence-electron chi connectivity index (χ3n) is 2.47. The summed E-state index contributed by atoms with van der Waals surface area (Å²) in [7, 11) is -4.15. The van der Waals surface area contributed by atoms with Gasteiger partial charge in [-0.2, -0.15) is 0 Å². The number of nitrogens with one attached hydrogen (secondary N) is 1. The number of phenolic OH excluding ortho intramolecular Hbond substituents is 1. The van der Waals surface area contributed by atoms with Crippen molar-refractivity contribution in [3.05, 3.63) is 52.0 Å². The molecule has 2 N–H and O–H groups in total. The van der Waals surface area contributed by atoms with Crippen molar-refractivity contribution in [1.29, 1.82) is 0 Å². The van der Waals surface area contributed by atoms with E-state index in [9.17, 15) is 22.3 Å². The molecule has 0 saturated carbocycles. The Hall–Kier alpha value is -1.57. The van der Waals surface area contributed by atoms with Gasteiger partial charge in [-0.25, -0.2) is 17.2 Å². The summed E-state index contributed by atoms with van der Waals surface area (Å²) in [6.07, 6.45) is 0. The van der Waals surface area contributed by atoms with Gasteiger partial charge in [0.15, 0.2) is 17.4 Å². The van der Waals surface area contributed by atoms with Gasteiger partial charge in [-0.15, -0.1) is 0 Å². The van der Waals surface area contributed by atoms with Crippen LogP contribution in [0.1, 0.15) is 0 Å². The summed E-state index contributed by atoms with van der Waals surface area (Å²) in [5, 5.41) is 9.06. The lowest BCUT2D eigenvalue weighted by Gasteiger charge is -2.10. The Morgan fingerprint density at radius 3 is 2.10 bits per heavy atom. The molecule has 0 atom stereocenters. The lowest BCUT2D eigenvalue weighted by molar-refractivity contribution is 0.476. The number of benzene rings is 2. The number of aromatic hydroxyl groups is 1. The molecule has 0 radical (unpaired) electrons. The van der Waals surface area contributed by atoms with Crippen molar-refractivity contribution in [2.75, 3.05) is 4.72 Å². The summed E-state index contributed by atoms with van der Waals surface area (Å²) in [4.78, 5) is -0.471. The van der Waals surface area contributed by atoms with Crippen molar-refractivity contribution in [1.82, 2.24) is 0 Å². The van der Waals surface area contributed by atoms with E-state index in [1.54, 1.807) is 0 Å². The van der Waals surface area contributed by atoms with Gasteiger partial charge in [-0.3, -0.25) is 4.72 Å². The zero-order chi connectivity index (χ0) is 15.8. The van der Waals surface area contributed by atoms with Crippen LogP contribution in [0.5, 0.6) is 5.75 Å². The molecule has 2 aromatic rings. The minimum Gasteiger partial charge on any atom is -0.505 e. The smallest absolute Gasteiger partial charge is 0.262 e. The monoisotopic (exact) mass is 353 g/mol. The van der Waals surface area contributed by atoms with Crippen LogP contribution in [0.3, 0.4) is 0 Å². The van der Waals surface area contributed by atoms with Gasteiger partial charge in [0.1, 0.15) is 0 Å². The third-order valence-corrected chi connectivity index (χ3v) is 4.43. The zero-order valence-electron chi connectivity index (χ0n) is 10.1. The molecule has 0 unspecified atom stereocenters. The van der Waals surface area contributed by atoms with Gasteiger partial charge in [0.25, 0.3) is 10.0 Å². The first-order valence-corrected chi connectivity index (χ1v) is 7.60. The van der Waals surface area contributed by atoms with Crippen molar-refractivity contribution >= 4 is 38.9 Å². The average Bonchev–Trinajstić information content (AvgIpc) is 2.38. The average molecular weight is 354 g/mol. The molecular weight excluding hydrogens is 347 g/mol. The lowest BCUT2D eigenvalue weighted by Crippen LogP contribution is -2.13. The molecule has 0 fully saturated rings. The van der Waals surface area contributed by atoms with E-state index in [-0.39, 0.29) is 15.7 Å². The number of sulfonamides is 1. The van der Waals surface area contributed by atoms with E-state index in [2.05, 4.69) is 4.72 Å². The molecule has 4 nitrogen and oxygen atoms in total. The Bertz CT molecular complexity index is 789. The van der Waals surface area contributed by atoms with Gasteiger partial charge in [0, 0.05) is 0 Å². The van der Waals surface area contributed by atoms with Crippen LogP contribution in [0.25, 0.3) is 0 Å². The van der Waals surface area contributed by atoms with Crippen LogP contribution in [-0.4, -0.2) is 13.5 Å². The summed E-state index contributed by atoms with van der Waals surface area (Å²) in [5.41, 5.74) is -0.0347. The molecule has 0 aliphatic heterocycles. The first-order chi connectivity index (χ1) is 9.70. The molecule has 2 aromatic carbocycles. The summed E-state index contributed by atoms with van der Waals surface area (Å²) in [6, 6.07) is 4.40. The van der Waals surface area contributed by atoms with Crippen molar-refractivity contribution < 1.29 is 22.3 Å². The number of anilines is 1. The second-order valence-corrected chi connectivity index (χ2v) is 6.47. The third kappa shape index (κ3) is 3.37. The normalized spacial score (nSPS) is 11.4. The SMILES string of the molecule is O=S(=O)(Nc1cc(Cl)c(O)c(Cl)c1)c1ccc(F)c(F)c1. The molecule has 0 spiro atoms. The maximum atomic E-state index is 13.1. The number of hydrogen-bond donors (Lipinski definition) is 2. The molecule has 112 valence electrons. The minimum atomic E-state index is -4.15. The summed E-state index contributed by atoms with van der Waals surface area (Å²) >= 11 is 11.3. The second-order valence-electron chi connectivity index (χ2n) is 3.97.